The first-order valence-electron chi connectivity index (χ1n) is 14.1. The van der Waals surface area contributed by atoms with Crippen molar-refractivity contribution in [1.82, 2.24) is 20.2 Å². The summed E-state index contributed by atoms with van der Waals surface area (Å²) in [7, 11) is 6.24. The molecule has 0 aliphatic rings. The first-order valence-corrected chi connectivity index (χ1v) is 15.1. The minimum Gasteiger partial charge on any atom is -0.493 e. The highest BCUT2D eigenvalue weighted by atomic mass is 32.2. The maximum absolute atomic E-state index is 12.8. The van der Waals surface area contributed by atoms with Gasteiger partial charge in [0.15, 0.2) is 34.0 Å². The second kappa shape index (κ2) is 15.5. The van der Waals surface area contributed by atoms with E-state index in [4.69, 9.17) is 23.7 Å². The maximum Gasteiger partial charge on any atom is 0.250 e. The molecule has 0 spiro atoms. The van der Waals surface area contributed by atoms with Crippen molar-refractivity contribution in [2.75, 3.05) is 34.2 Å². The van der Waals surface area contributed by atoms with Gasteiger partial charge in [-0.1, -0.05) is 60.3 Å². The van der Waals surface area contributed by atoms with Gasteiger partial charge in [-0.05, 0) is 53.6 Å². The van der Waals surface area contributed by atoms with E-state index in [1.807, 2.05) is 71.3 Å². The number of nitrogens with one attached hydrogen (secondary N) is 1. The molecule has 1 amide bonds. The molecule has 0 bridgehead atoms. The lowest BCUT2D eigenvalue weighted by molar-refractivity contribution is -0.118. The standard InChI is InChI=1S/C34H33N5O6S/c1-41-27-16-15-24(17-28(27)45-21-23-11-7-5-8-12-23)20-35-36-31(40)22-46-34-38-37-33(39(34)26-13-9-6-10-14-26)25-18-29(42-2)32(44-4)30(19-25)43-3/h5-20H,21-22H2,1-4H3,(H,36,40). The Balaban J connectivity index is 1.29. The van der Waals surface area contributed by atoms with E-state index in [2.05, 4.69) is 20.7 Å². The Labute approximate surface area is 271 Å². The molecule has 0 atom stereocenters. The molecule has 46 heavy (non-hydrogen) atoms. The van der Waals surface area contributed by atoms with Crippen LogP contribution >= 0.6 is 11.8 Å². The molecule has 1 heterocycles. The van der Waals surface area contributed by atoms with Crippen molar-refractivity contribution < 1.29 is 28.5 Å². The molecule has 1 aromatic heterocycles. The third kappa shape index (κ3) is 7.59. The molecule has 0 saturated carbocycles. The summed E-state index contributed by atoms with van der Waals surface area (Å²) in [5.74, 6) is 2.88. The van der Waals surface area contributed by atoms with E-state index in [9.17, 15) is 4.79 Å². The number of thioether (sulfide) groups is 1. The number of benzene rings is 4. The van der Waals surface area contributed by atoms with Crippen molar-refractivity contribution in [2.24, 2.45) is 5.10 Å². The summed E-state index contributed by atoms with van der Waals surface area (Å²) < 4.78 is 29.8. The molecule has 12 heteroatoms. The van der Waals surface area contributed by atoms with E-state index in [0.29, 0.717) is 51.9 Å². The van der Waals surface area contributed by atoms with Crippen molar-refractivity contribution in [3.8, 4) is 45.8 Å². The summed E-state index contributed by atoms with van der Waals surface area (Å²) in [4.78, 5) is 12.8. The van der Waals surface area contributed by atoms with Gasteiger partial charge in [0.1, 0.15) is 6.61 Å². The molecule has 5 aromatic rings. The third-order valence-corrected chi connectivity index (χ3v) is 7.66. The second-order valence-corrected chi connectivity index (χ2v) is 10.6. The monoisotopic (exact) mass is 639 g/mol. The van der Waals surface area contributed by atoms with E-state index < -0.39 is 0 Å². The average molecular weight is 640 g/mol. The Bertz CT molecular complexity index is 1770. The Morgan fingerprint density at radius 3 is 2.13 bits per heavy atom. The van der Waals surface area contributed by atoms with Crippen molar-refractivity contribution in [3.63, 3.8) is 0 Å². The van der Waals surface area contributed by atoms with E-state index in [0.717, 1.165) is 16.8 Å². The fourth-order valence-electron chi connectivity index (χ4n) is 4.53. The molecule has 11 nitrogen and oxygen atoms in total. The van der Waals surface area contributed by atoms with E-state index in [-0.39, 0.29) is 11.7 Å². The van der Waals surface area contributed by atoms with Gasteiger partial charge in [-0.2, -0.15) is 5.10 Å². The number of hydrogen-bond donors (Lipinski definition) is 1. The highest BCUT2D eigenvalue weighted by molar-refractivity contribution is 7.99. The summed E-state index contributed by atoms with van der Waals surface area (Å²) in [6, 6.07) is 28.5. The lowest BCUT2D eigenvalue weighted by Gasteiger charge is -2.15. The van der Waals surface area contributed by atoms with Gasteiger partial charge in [-0.3, -0.25) is 9.36 Å². The van der Waals surface area contributed by atoms with E-state index in [1.165, 1.54) is 11.8 Å². The second-order valence-electron chi connectivity index (χ2n) is 9.66. The molecule has 0 saturated heterocycles. The third-order valence-electron chi connectivity index (χ3n) is 6.73. The van der Waals surface area contributed by atoms with Crippen LogP contribution in [0.5, 0.6) is 28.7 Å². The predicted octanol–water partition coefficient (Wildman–Crippen LogP) is 5.79. The number of rotatable bonds is 14. The Kier molecular flexibility index (Phi) is 10.7. The number of ether oxygens (including phenoxy) is 5. The number of hydrazone groups is 1. The lowest BCUT2D eigenvalue weighted by Crippen LogP contribution is -2.20. The van der Waals surface area contributed by atoms with Gasteiger partial charge in [0, 0.05) is 11.3 Å². The first kappa shape index (κ1) is 31.9. The van der Waals surface area contributed by atoms with Gasteiger partial charge in [0.2, 0.25) is 5.75 Å². The molecule has 5 rings (SSSR count). The van der Waals surface area contributed by atoms with Crippen LogP contribution in [0.15, 0.2) is 101 Å². The van der Waals surface area contributed by atoms with Gasteiger partial charge >= 0.3 is 0 Å². The maximum atomic E-state index is 12.8. The molecule has 0 fully saturated rings. The molecule has 0 aliphatic carbocycles. The van der Waals surface area contributed by atoms with Crippen LogP contribution in [-0.4, -0.2) is 61.1 Å². The summed E-state index contributed by atoms with van der Waals surface area (Å²) in [6.07, 6.45) is 1.55. The van der Waals surface area contributed by atoms with Crippen LogP contribution in [0.1, 0.15) is 11.1 Å². The molecular formula is C34H33N5O6S. The smallest absolute Gasteiger partial charge is 0.250 e. The zero-order chi connectivity index (χ0) is 32.3. The highest BCUT2D eigenvalue weighted by Gasteiger charge is 2.21. The van der Waals surface area contributed by atoms with Crippen LogP contribution in [0.4, 0.5) is 0 Å². The fourth-order valence-corrected chi connectivity index (χ4v) is 5.28. The zero-order valence-corrected chi connectivity index (χ0v) is 26.6. The SMILES string of the molecule is COc1ccc(C=NNC(=O)CSc2nnc(-c3cc(OC)c(OC)c(OC)c3)n2-c2ccccc2)cc1OCc1ccccc1. The quantitative estimate of drug-likeness (QED) is 0.0915. The van der Waals surface area contributed by atoms with E-state index >= 15 is 0 Å². The topological polar surface area (TPSA) is 118 Å². The summed E-state index contributed by atoms with van der Waals surface area (Å²) in [6.45, 7) is 0.390. The highest BCUT2D eigenvalue weighted by Crippen LogP contribution is 2.41. The number of hydrogen-bond acceptors (Lipinski definition) is 10. The molecule has 0 unspecified atom stereocenters. The molecule has 236 valence electrons. The normalized spacial score (nSPS) is 10.9. The van der Waals surface area contributed by atoms with Gasteiger partial charge in [-0.25, -0.2) is 5.43 Å². The summed E-state index contributed by atoms with van der Waals surface area (Å²) in [5.41, 5.74) is 5.86. The van der Waals surface area contributed by atoms with Gasteiger partial charge < -0.3 is 23.7 Å². The number of nitrogens with zero attached hydrogens (tertiary/aromatic N) is 4. The largest absolute Gasteiger partial charge is 0.493 e. The average Bonchev–Trinajstić information content (AvgIpc) is 3.54. The van der Waals surface area contributed by atoms with Gasteiger partial charge in [0.05, 0.1) is 40.4 Å². The van der Waals surface area contributed by atoms with Crippen LogP contribution in [-0.2, 0) is 11.4 Å². The number of aromatic nitrogens is 3. The Morgan fingerprint density at radius 2 is 1.48 bits per heavy atom. The van der Waals surface area contributed by atoms with Crippen molar-refractivity contribution in [1.29, 1.82) is 0 Å². The van der Waals surface area contributed by atoms with Crippen LogP contribution in [0.25, 0.3) is 17.1 Å². The van der Waals surface area contributed by atoms with Crippen LogP contribution in [0.2, 0.25) is 0 Å². The van der Waals surface area contributed by atoms with Crippen molar-refractivity contribution >= 4 is 23.9 Å². The molecular weight excluding hydrogens is 606 g/mol. The lowest BCUT2D eigenvalue weighted by atomic mass is 10.1. The fraction of sp³-hybridized carbons (Fsp3) is 0.176. The first-order chi connectivity index (χ1) is 22.5. The van der Waals surface area contributed by atoms with Gasteiger partial charge in [-0.15, -0.1) is 10.2 Å². The number of para-hydroxylation sites is 1. The Hall–Kier alpha value is -5.49. The van der Waals surface area contributed by atoms with Crippen LogP contribution < -0.4 is 29.1 Å². The van der Waals surface area contributed by atoms with Crippen LogP contribution in [0.3, 0.4) is 0 Å². The minimum atomic E-state index is -0.313. The number of carbonyl (C=O) groups excluding carboxylic acids is 1. The Morgan fingerprint density at radius 1 is 0.804 bits per heavy atom. The summed E-state index contributed by atoms with van der Waals surface area (Å²) >= 11 is 1.23. The molecule has 4 aromatic carbocycles. The number of amides is 1. The zero-order valence-electron chi connectivity index (χ0n) is 25.8. The van der Waals surface area contributed by atoms with Crippen LogP contribution in [0, 0.1) is 0 Å². The molecule has 1 N–H and O–H groups in total. The molecule has 0 aliphatic heterocycles. The summed E-state index contributed by atoms with van der Waals surface area (Å²) in [5, 5.41) is 13.5. The van der Waals surface area contributed by atoms with Crippen molar-refractivity contribution in [3.05, 3.63) is 102 Å². The molecule has 0 radical (unpaired) electrons. The number of carbonyl (C=O) groups is 1. The minimum absolute atomic E-state index is 0.0472. The van der Waals surface area contributed by atoms with E-state index in [1.54, 1.807) is 58.9 Å². The predicted molar refractivity (Wildman–Crippen MR) is 177 cm³/mol. The van der Waals surface area contributed by atoms with Gasteiger partial charge in [0.25, 0.3) is 5.91 Å². The van der Waals surface area contributed by atoms with Crippen molar-refractivity contribution in [2.45, 2.75) is 11.8 Å². The number of methoxy groups -OCH3 is 4.